The van der Waals surface area contributed by atoms with Crippen molar-refractivity contribution in [2.45, 2.75) is 49.9 Å². The minimum atomic E-state index is -4.50. The summed E-state index contributed by atoms with van der Waals surface area (Å²) in [6.45, 7) is 2.57. The summed E-state index contributed by atoms with van der Waals surface area (Å²) in [6.07, 6.45) is -1.11. The molecule has 0 saturated heterocycles. The number of hydrogen-bond donors (Lipinski definition) is 0. The van der Waals surface area contributed by atoms with Crippen LogP contribution in [0.3, 0.4) is 0 Å². The Bertz CT molecular complexity index is 1630. The molecule has 0 bridgehead atoms. The average molecular weight is 582 g/mol. The van der Waals surface area contributed by atoms with Gasteiger partial charge in [-0.25, -0.2) is 13.4 Å². The van der Waals surface area contributed by atoms with E-state index in [4.69, 9.17) is 0 Å². The van der Waals surface area contributed by atoms with Crippen LogP contribution in [0.4, 0.5) is 13.2 Å². The first-order valence-electron chi connectivity index (χ1n) is 13.3. The number of nitrogens with zero attached hydrogens (tertiary/aromatic N) is 3. The Balaban J connectivity index is 1.49. The Labute approximate surface area is 237 Å². The first-order chi connectivity index (χ1) is 19.5. The molecule has 0 N–H and O–H groups in total. The largest absolute Gasteiger partial charge is 0.416 e. The van der Waals surface area contributed by atoms with Crippen LogP contribution >= 0.6 is 0 Å². The Morgan fingerprint density at radius 3 is 2.27 bits per heavy atom. The molecule has 1 amide bonds. The zero-order valence-electron chi connectivity index (χ0n) is 22.5. The van der Waals surface area contributed by atoms with E-state index in [1.54, 1.807) is 21.6 Å². The maximum atomic E-state index is 13.7. The van der Waals surface area contributed by atoms with Crippen molar-refractivity contribution in [2.24, 2.45) is 5.92 Å². The normalized spacial score (nSPS) is 13.8. The van der Waals surface area contributed by atoms with Crippen LogP contribution in [-0.4, -0.2) is 35.3 Å². The topological polar surface area (TPSA) is 72.3 Å². The van der Waals surface area contributed by atoms with Crippen molar-refractivity contribution in [1.29, 1.82) is 0 Å². The highest BCUT2D eigenvalue weighted by molar-refractivity contribution is 7.90. The zero-order chi connectivity index (χ0) is 29.2. The summed E-state index contributed by atoms with van der Waals surface area (Å²) in [5, 5.41) is -0.0899. The predicted molar refractivity (Wildman–Crippen MR) is 149 cm³/mol. The van der Waals surface area contributed by atoms with E-state index in [0.717, 1.165) is 36.1 Å². The first kappa shape index (κ1) is 28.6. The zero-order valence-corrected chi connectivity index (χ0v) is 23.3. The molecule has 5 rings (SSSR count). The minimum absolute atomic E-state index is 0.0655. The lowest BCUT2D eigenvalue weighted by Crippen LogP contribution is -2.33. The summed E-state index contributed by atoms with van der Waals surface area (Å²) in [5.74, 6) is -0.341. The summed E-state index contributed by atoms with van der Waals surface area (Å²) in [5.41, 5.74) is 2.23. The van der Waals surface area contributed by atoms with Crippen LogP contribution in [-0.2, 0) is 34.9 Å². The molecular formula is C31H30F3N3O3S. The Kier molecular flexibility index (Phi) is 8.04. The van der Waals surface area contributed by atoms with Gasteiger partial charge in [-0.1, -0.05) is 54.6 Å². The number of aromatic nitrogens is 2. The molecule has 1 aromatic heterocycles. The number of halogens is 3. The van der Waals surface area contributed by atoms with Gasteiger partial charge in [0.2, 0.25) is 15.0 Å². The molecule has 0 atom stereocenters. The number of carbonyl (C=O) groups excluding carboxylic acids is 1. The van der Waals surface area contributed by atoms with Gasteiger partial charge in [0.15, 0.2) is 0 Å². The van der Waals surface area contributed by atoms with Gasteiger partial charge in [0.05, 0.1) is 36.3 Å². The summed E-state index contributed by atoms with van der Waals surface area (Å²) in [6, 6.07) is 20.8. The second-order valence-electron chi connectivity index (χ2n) is 10.5. The number of benzene rings is 3. The Morgan fingerprint density at radius 2 is 1.63 bits per heavy atom. The third-order valence-electron chi connectivity index (χ3n) is 7.24. The van der Waals surface area contributed by atoms with Gasteiger partial charge in [-0.05, 0) is 66.6 Å². The summed E-state index contributed by atoms with van der Waals surface area (Å²) >= 11 is 0. The van der Waals surface area contributed by atoms with Crippen LogP contribution in [0.2, 0.25) is 0 Å². The van der Waals surface area contributed by atoms with Crippen LogP contribution in [0.5, 0.6) is 0 Å². The molecule has 214 valence electrons. The molecule has 41 heavy (non-hydrogen) atoms. The van der Waals surface area contributed by atoms with Crippen molar-refractivity contribution in [1.82, 2.24) is 14.5 Å². The number of carbonyl (C=O) groups is 1. The molecule has 6 nitrogen and oxygen atoms in total. The second kappa shape index (κ2) is 11.5. The fourth-order valence-corrected chi connectivity index (χ4v) is 6.35. The van der Waals surface area contributed by atoms with E-state index in [1.165, 1.54) is 18.3 Å². The van der Waals surface area contributed by atoms with E-state index in [9.17, 15) is 26.4 Å². The molecule has 0 unspecified atom stereocenters. The van der Waals surface area contributed by atoms with Crippen molar-refractivity contribution >= 4 is 15.7 Å². The van der Waals surface area contributed by atoms with E-state index < -0.39 is 27.5 Å². The maximum absolute atomic E-state index is 13.7. The number of amides is 1. The van der Waals surface area contributed by atoms with Crippen LogP contribution in [0, 0.1) is 12.8 Å². The van der Waals surface area contributed by atoms with E-state index in [0.29, 0.717) is 23.7 Å². The van der Waals surface area contributed by atoms with Gasteiger partial charge in [0.1, 0.15) is 0 Å². The minimum Gasteiger partial charge on any atom is -0.332 e. The molecule has 1 heterocycles. The quantitative estimate of drug-likeness (QED) is 0.221. The third kappa shape index (κ3) is 6.87. The SMILES string of the molecule is Cc1ccccc1CS(=O)(=O)c1ncc(CN(CC2CC2)C(=O)c2ccc(C(F)(F)F)cc2)n1Cc1ccccc1. The van der Waals surface area contributed by atoms with Gasteiger partial charge >= 0.3 is 6.18 Å². The van der Waals surface area contributed by atoms with E-state index >= 15 is 0 Å². The fourth-order valence-electron chi connectivity index (χ4n) is 4.75. The molecule has 1 aliphatic carbocycles. The highest BCUT2D eigenvalue weighted by Gasteiger charge is 2.32. The predicted octanol–water partition coefficient (Wildman–Crippen LogP) is 6.28. The summed E-state index contributed by atoms with van der Waals surface area (Å²) in [4.78, 5) is 19.4. The van der Waals surface area contributed by atoms with Gasteiger partial charge in [0.25, 0.3) is 5.91 Å². The highest BCUT2D eigenvalue weighted by Crippen LogP contribution is 2.32. The number of rotatable bonds is 10. The van der Waals surface area contributed by atoms with Crippen molar-refractivity contribution in [3.63, 3.8) is 0 Å². The average Bonchev–Trinajstić information content (AvgIpc) is 3.67. The summed E-state index contributed by atoms with van der Waals surface area (Å²) < 4.78 is 68.2. The monoisotopic (exact) mass is 581 g/mol. The number of hydrogen-bond acceptors (Lipinski definition) is 4. The summed E-state index contributed by atoms with van der Waals surface area (Å²) in [7, 11) is -3.86. The number of aryl methyl sites for hydroxylation is 1. The smallest absolute Gasteiger partial charge is 0.332 e. The molecule has 0 radical (unpaired) electrons. The molecule has 0 aliphatic heterocycles. The molecule has 3 aromatic carbocycles. The van der Waals surface area contributed by atoms with E-state index in [2.05, 4.69) is 4.98 Å². The van der Waals surface area contributed by atoms with Crippen LogP contribution < -0.4 is 0 Å². The number of imidazole rings is 1. The fraction of sp³-hybridized carbons (Fsp3) is 0.290. The van der Waals surface area contributed by atoms with Crippen LogP contribution in [0.15, 0.2) is 90.2 Å². The molecule has 1 aliphatic rings. The molecule has 0 spiro atoms. The number of sulfone groups is 1. The standard InChI is InChI=1S/C31H30F3N3O3S/c1-22-7-5-6-10-26(22)21-41(39,40)30-35-17-28(37(30)19-23-8-3-2-4-9-23)20-36(18-24-11-12-24)29(38)25-13-15-27(16-14-25)31(32,33)34/h2-10,13-17,24H,11-12,18-21H2,1H3. The van der Waals surface area contributed by atoms with Crippen molar-refractivity contribution in [3.05, 3.63) is 119 Å². The third-order valence-corrected chi connectivity index (χ3v) is 8.82. The lowest BCUT2D eigenvalue weighted by Gasteiger charge is -2.24. The number of alkyl halides is 3. The van der Waals surface area contributed by atoms with Crippen molar-refractivity contribution in [3.8, 4) is 0 Å². The molecule has 1 fully saturated rings. The van der Waals surface area contributed by atoms with E-state index in [-0.39, 0.29) is 29.6 Å². The molecule has 4 aromatic rings. The van der Waals surface area contributed by atoms with Crippen LogP contribution in [0.25, 0.3) is 0 Å². The van der Waals surface area contributed by atoms with E-state index in [1.807, 2.05) is 49.4 Å². The highest BCUT2D eigenvalue weighted by atomic mass is 32.2. The van der Waals surface area contributed by atoms with Gasteiger partial charge in [-0.3, -0.25) is 4.79 Å². The lowest BCUT2D eigenvalue weighted by molar-refractivity contribution is -0.137. The van der Waals surface area contributed by atoms with Gasteiger partial charge in [-0.15, -0.1) is 0 Å². The first-order valence-corrected chi connectivity index (χ1v) is 15.0. The maximum Gasteiger partial charge on any atom is 0.416 e. The van der Waals surface area contributed by atoms with Gasteiger partial charge < -0.3 is 9.47 Å². The van der Waals surface area contributed by atoms with Crippen LogP contribution in [0.1, 0.15) is 51.1 Å². The van der Waals surface area contributed by atoms with Crippen molar-refractivity contribution in [2.75, 3.05) is 6.54 Å². The van der Waals surface area contributed by atoms with Gasteiger partial charge in [0, 0.05) is 12.1 Å². The molecule has 10 heteroatoms. The Morgan fingerprint density at radius 1 is 0.976 bits per heavy atom. The lowest BCUT2D eigenvalue weighted by atomic mass is 10.1. The van der Waals surface area contributed by atoms with Gasteiger partial charge in [-0.2, -0.15) is 13.2 Å². The Hall–Kier alpha value is -3.92. The van der Waals surface area contributed by atoms with Crippen molar-refractivity contribution < 1.29 is 26.4 Å². The molecule has 1 saturated carbocycles. The molecular weight excluding hydrogens is 551 g/mol. The second-order valence-corrected chi connectivity index (χ2v) is 12.4.